The first-order valence-electron chi connectivity index (χ1n) is 8.37. The lowest BCUT2D eigenvalue weighted by Crippen LogP contribution is -2.22. The Morgan fingerprint density at radius 3 is 2.35 bits per heavy atom. The molecule has 0 aliphatic carbocycles. The van der Waals surface area contributed by atoms with Crippen molar-refractivity contribution in [3.05, 3.63) is 53.6 Å². The van der Waals surface area contributed by atoms with Gasteiger partial charge in [0.25, 0.3) is 0 Å². The van der Waals surface area contributed by atoms with E-state index in [9.17, 15) is 23.1 Å². The highest BCUT2D eigenvalue weighted by Crippen LogP contribution is 2.36. The summed E-state index contributed by atoms with van der Waals surface area (Å²) in [5.41, 5.74) is 0.649. The highest BCUT2D eigenvalue weighted by molar-refractivity contribution is 5.95. The Morgan fingerprint density at radius 2 is 1.73 bits per heavy atom. The van der Waals surface area contributed by atoms with Crippen molar-refractivity contribution in [2.24, 2.45) is 0 Å². The van der Waals surface area contributed by atoms with Crippen molar-refractivity contribution >= 4 is 17.3 Å². The van der Waals surface area contributed by atoms with Crippen molar-refractivity contribution in [3.63, 3.8) is 0 Å². The van der Waals surface area contributed by atoms with Gasteiger partial charge in [0.2, 0.25) is 5.91 Å². The third-order valence-corrected chi connectivity index (χ3v) is 4.35. The molecule has 0 spiro atoms. The van der Waals surface area contributed by atoms with Crippen LogP contribution in [-0.2, 0) is 17.4 Å². The molecular formula is C19H19F3N2O2. The lowest BCUT2D eigenvalue weighted by molar-refractivity contribution is -0.137. The first-order chi connectivity index (χ1) is 12.3. The summed E-state index contributed by atoms with van der Waals surface area (Å²) in [6.07, 6.45) is -2.51. The van der Waals surface area contributed by atoms with E-state index in [2.05, 4.69) is 5.32 Å². The number of hydrogen-bond donors (Lipinski definition) is 2. The average Bonchev–Trinajstić information content (AvgIpc) is 3.10. The van der Waals surface area contributed by atoms with Gasteiger partial charge in [-0.3, -0.25) is 4.79 Å². The molecule has 1 aliphatic rings. The molecular weight excluding hydrogens is 345 g/mol. The maximum absolute atomic E-state index is 13.0. The van der Waals surface area contributed by atoms with Gasteiger partial charge >= 0.3 is 6.18 Å². The Morgan fingerprint density at radius 1 is 1.08 bits per heavy atom. The normalized spacial score (nSPS) is 14.5. The Kier molecular flexibility index (Phi) is 5.06. The molecule has 1 heterocycles. The summed E-state index contributed by atoms with van der Waals surface area (Å²) in [6.45, 7) is 1.51. The van der Waals surface area contributed by atoms with Crippen LogP contribution in [0.15, 0.2) is 42.5 Å². The van der Waals surface area contributed by atoms with Crippen LogP contribution in [0.25, 0.3) is 0 Å². The Labute approximate surface area is 149 Å². The number of aromatic hydroxyl groups is 1. The van der Waals surface area contributed by atoms with Gasteiger partial charge in [-0.15, -0.1) is 0 Å². The zero-order chi connectivity index (χ0) is 18.7. The van der Waals surface area contributed by atoms with E-state index in [1.807, 2.05) is 4.90 Å². The van der Waals surface area contributed by atoms with E-state index in [1.54, 1.807) is 12.1 Å². The maximum Gasteiger partial charge on any atom is 0.416 e. The van der Waals surface area contributed by atoms with Crippen LogP contribution in [0.5, 0.6) is 5.75 Å². The smallest absolute Gasteiger partial charge is 0.416 e. The molecule has 1 aliphatic heterocycles. The molecule has 0 bridgehead atoms. The van der Waals surface area contributed by atoms with Gasteiger partial charge in [0.1, 0.15) is 5.75 Å². The van der Waals surface area contributed by atoms with Crippen LogP contribution in [0, 0.1) is 0 Å². The zero-order valence-corrected chi connectivity index (χ0v) is 14.0. The number of carbonyl (C=O) groups is 1. The fourth-order valence-electron chi connectivity index (χ4n) is 3.04. The minimum absolute atomic E-state index is 0.00989. The van der Waals surface area contributed by atoms with Gasteiger partial charge in [0.05, 0.1) is 23.4 Å². The van der Waals surface area contributed by atoms with Crippen molar-refractivity contribution in [1.29, 1.82) is 0 Å². The highest BCUT2D eigenvalue weighted by Gasteiger charge is 2.32. The van der Waals surface area contributed by atoms with E-state index in [0.29, 0.717) is 11.3 Å². The molecule has 1 saturated heterocycles. The number of carbonyl (C=O) groups excluding carboxylic acids is 1. The molecule has 2 aromatic carbocycles. The SMILES string of the molecule is O=C(Cc1ccc(O)cc1)Nc1cc(C(F)(F)F)ccc1N1CCCC1. The minimum atomic E-state index is -4.47. The van der Waals surface area contributed by atoms with E-state index in [1.165, 1.54) is 18.2 Å². The molecule has 138 valence electrons. The van der Waals surface area contributed by atoms with Crippen LogP contribution < -0.4 is 10.2 Å². The highest BCUT2D eigenvalue weighted by atomic mass is 19.4. The Hall–Kier alpha value is -2.70. The molecule has 2 N–H and O–H groups in total. The fourth-order valence-corrected chi connectivity index (χ4v) is 3.04. The van der Waals surface area contributed by atoms with Crippen molar-refractivity contribution in [2.45, 2.75) is 25.4 Å². The van der Waals surface area contributed by atoms with Gasteiger partial charge in [0.15, 0.2) is 0 Å². The molecule has 26 heavy (non-hydrogen) atoms. The third-order valence-electron chi connectivity index (χ3n) is 4.35. The summed E-state index contributed by atoms with van der Waals surface area (Å²) in [7, 11) is 0. The van der Waals surface area contributed by atoms with Gasteiger partial charge in [0, 0.05) is 13.1 Å². The van der Waals surface area contributed by atoms with Crippen molar-refractivity contribution in [3.8, 4) is 5.75 Å². The Bertz CT molecular complexity index is 782. The Balaban J connectivity index is 1.83. The molecule has 0 atom stereocenters. The third kappa shape index (κ3) is 4.28. The monoisotopic (exact) mass is 364 g/mol. The number of halogens is 3. The summed E-state index contributed by atoms with van der Waals surface area (Å²) >= 11 is 0. The van der Waals surface area contributed by atoms with Crippen LogP contribution >= 0.6 is 0 Å². The predicted octanol–water partition coefficient (Wildman–Crippen LogP) is 4.19. The number of phenols is 1. The maximum atomic E-state index is 13.0. The van der Waals surface area contributed by atoms with Crippen molar-refractivity contribution in [2.75, 3.05) is 23.3 Å². The number of hydrogen-bond acceptors (Lipinski definition) is 3. The van der Waals surface area contributed by atoms with Crippen LogP contribution in [0.1, 0.15) is 24.0 Å². The molecule has 0 unspecified atom stereocenters. The number of anilines is 2. The molecule has 0 saturated carbocycles. The summed E-state index contributed by atoms with van der Waals surface area (Å²) in [4.78, 5) is 14.3. The molecule has 7 heteroatoms. The fraction of sp³-hybridized carbons (Fsp3) is 0.316. The minimum Gasteiger partial charge on any atom is -0.508 e. The molecule has 2 aromatic rings. The number of benzene rings is 2. The average molecular weight is 364 g/mol. The van der Waals surface area contributed by atoms with Crippen LogP contribution in [-0.4, -0.2) is 24.1 Å². The largest absolute Gasteiger partial charge is 0.508 e. The summed E-state index contributed by atoms with van der Waals surface area (Å²) < 4.78 is 39.1. The van der Waals surface area contributed by atoms with E-state index in [4.69, 9.17) is 0 Å². The molecule has 1 fully saturated rings. The lowest BCUT2D eigenvalue weighted by Gasteiger charge is -2.23. The molecule has 0 aromatic heterocycles. The van der Waals surface area contributed by atoms with Gasteiger partial charge in [-0.1, -0.05) is 12.1 Å². The first kappa shape index (κ1) is 18.1. The lowest BCUT2D eigenvalue weighted by atomic mass is 10.1. The summed E-state index contributed by atoms with van der Waals surface area (Å²) in [5, 5.41) is 11.9. The van der Waals surface area contributed by atoms with Crippen LogP contribution in [0.4, 0.5) is 24.5 Å². The first-order valence-corrected chi connectivity index (χ1v) is 8.37. The van der Waals surface area contributed by atoms with Crippen LogP contribution in [0.3, 0.4) is 0 Å². The number of phenolic OH excluding ortho intramolecular Hbond substituents is 1. The van der Waals surface area contributed by atoms with E-state index in [0.717, 1.165) is 38.1 Å². The van der Waals surface area contributed by atoms with Gasteiger partial charge in [-0.25, -0.2) is 0 Å². The summed E-state index contributed by atoms with van der Waals surface area (Å²) in [6, 6.07) is 9.58. The number of alkyl halides is 3. The number of nitrogens with zero attached hydrogens (tertiary/aromatic N) is 1. The summed E-state index contributed by atoms with van der Waals surface area (Å²) in [5.74, 6) is -0.321. The number of rotatable bonds is 4. The molecule has 1 amide bonds. The van der Waals surface area contributed by atoms with Gasteiger partial charge < -0.3 is 15.3 Å². The molecule has 4 nitrogen and oxygen atoms in total. The topological polar surface area (TPSA) is 52.6 Å². The second-order valence-electron chi connectivity index (χ2n) is 6.32. The van der Waals surface area contributed by atoms with Crippen molar-refractivity contribution in [1.82, 2.24) is 0 Å². The second kappa shape index (κ2) is 7.27. The second-order valence-corrected chi connectivity index (χ2v) is 6.32. The number of amides is 1. The number of nitrogens with one attached hydrogen (secondary N) is 1. The standard InChI is InChI=1S/C19H19F3N2O2/c20-19(21,22)14-5-8-17(24-9-1-2-10-24)16(12-14)23-18(26)11-13-3-6-15(25)7-4-13/h3-8,12,25H,1-2,9-11H2,(H,23,26). The predicted molar refractivity (Wildman–Crippen MR) is 93.3 cm³/mol. The molecule has 3 rings (SSSR count). The van der Waals surface area contributed by atoms with Crippen molar-refractivity contribution < 1.29 is 23.1 Å². The zero-order valence-electron chi connectivity index (χ0n) is 14.0. The van der Waals surface area contributed by atoms with E-state index in [-0.39, 0.29) is 17.9 Å². The van der Waals surface area contributed by atoms with E-state index < -0.39 is 17.6 Å². The molecule has 0 radical (unpaired) electrons. The van der Waals surface area contributed by atoms with Crippen LogP contribution in [0.2, 0.25) is 0 Å². The van der Waals surface area contributed by atoms with Gasteiger partial charge in [-0.2, -0.15) is 13.2 Å². The quantitative estimate of drug-likeness (QED) is 0.855. The van der Waals surface area contributed by atoms with Gasteiger partial charge in [-0.05, 0) is 48.7 Å². The van der Waals surface area contributed by atoms with E-state index >= 15 is 0 Å².